The van der Waals surface area contributed by atoms with Crippen LogP contribution in [0.5, 0.6) is 0 Å². The Kier molecular flexibility index (Phi) is 12.7. The van der Waals surface area contributed by atoms with Gasteiger partial charge in [-0.25, -0.2) is 0 Å². The minimum Gasteiger partial charge on any atom is -0.357 e. The van der Waals surface area contributed by atoms with Gasteiger partial charge in [0, 0.05) is 32.2 Å². The molecule has 0 atom stereocenters. The van der Waals surface area contributed by atoms with Gasteiger partial charge in [-0.15, -0.1) is 24.0 Å². The van der Waals surface area contributed by atoms with Crippen LogP contribution in [-0.4, -0.2) is 50.1 Å². The van der Waals surface area contributed by atoms with Crippen molar-refractivity contribution in [2.24, 2.45) is 4.99 Å². The van der Waals surface area contributed by atoms with Gasteiger partial charge in [-0.2, -0.15) is 0 Å². The zero-order chi connectivity index (χ0) is 13.9. The van der Waals surface area contributed by atoms with Crippen molar-refractivity contribution in [1.82, 2.24) is 15.5 Å². The molecule has 0 radical (unpaired) electrons. The Morgan fingerprint density at radius 3 is 2.45 bits per heavy atom. The van der Waals surface area contributed by atoms with Gasteiger partial charge in [-0.1, -0.05) is 26.2 Å². The first-order chi connectivity index (χ1) is 9.27. The summed E-state index contributed by atoms with van der Waals surface area (Å²) in [6, 6.07) is 0.797. The summed E-state index contributed by atoms with van der Waals surface area (Å²) in [7, 11) is 2.26. The van der Waals surface area contributed by atoms with Crippen molar-refractivity contribution in [3.8, 4) is 0 Å². The highest BCUT2D eigenvalue weighted by atomic mass is 127. The molecule has 0 aromatic rings. The van der Waals surface area contributed by atoms with Crippen molar-refractivity contribution >= 4 is 29.9 Å². The molecule has 4 nitrogen and oxygen atoms in total. The van der Waals surface area contributed by atoms with Gasteiger partial charge in [0.2, 0.25) is 0 Å². The van der Waals surface area contributed by atoms with Gasteiger partial charge in [0.1, 0.15) is 0 Å². The molecular formula is C15H33IN4. The topological polar surface area (TPSA) is 39.7 Å². The average molecular weight is 396 g/mol. The van der Waals surface area contributed by atoms with Crippen LogP contribution in [0, 0.1) is 0 Å². The van der Waals surface area contributed by atoms with E-state index in [-0.39, 0.29) is 24.0 Å². The molecule has 0 spiro atoms. The second kappa shape index (κ2) is 12.7. The van der Waals surface area contributed by atoms with E-state index in [2.05, 4.69) is 41.4 Å². The van der Waals surface area contributed by atoms with Crippen LogP contribution in [0.15, 0.2) is 4.99 Å². The van der Waals surface area contributed by atoms with Crippen molar-refractivity contribution < 1.29 is 0 Å². The smallest absolute Gasteiger partial charge is 0.191 e. The Morgan fingerprint density at radius 2 is 1.85 bits per heavy atom. The van der Waals surface area contributed by atoms with Crippen LogP contribution in [0.3, 0.4) is 0 Å². The largest absolute Gasteiger partial charge is 0.357 e. The highest BCUT2D eigenvalue weighted by Gasteiger charge is 2.17. The molecular weight excluding hydrogens is 363 g/mol. The fourth-order valence-corrected chi connectivity index (χ4v) is 2.62. The zero-order valence-electron chi connectivity index (χ0n) is 13.5. The van der Waals surface area contributed by atoms with Gasteiger partial charge in [0.25, 0.3) is 0 Å². The minimum absolute atomic E-state index is 0. The molecule has 0 saturated heterocycles. The van der Waals surface area contributed by atoms with Gasteiger partial charge >= 0.3 is 0 Å². The second-order valence-electron chi connectivity index (χ2n) is 5.46. The lowest BCUT2D eigenvalue weighted by Crippen LogP contribution is -2.43. The number of nitrogens with zero attached hydrogens (tertiary/aromatic N) is 2. The third-order valence-corrected chi connectivity index (χ3v) is 3.79. The van der Waals surface area contributed by atoms with E-state index in [9.17, 15) is 0 Å². The molecule has 0 bridgehead atoms. The molecule has 1 aliphatic rings. The predicted molar refractivity (Wildman–Crippen MR) is 99.2 cm³/mol. The monoisotopic (exact) mass is 396 g/mol. The molecule has 0 heterocycles. The summed E-state index contributed by atoms with van der Waals surface area (Å²) >= 11 is 0. The minimum atomic E-state index is 0. The normalized spacial score (nSPS) is 16.9. The van der Waals surface area contributed by atoms with Gasteiger partial charge in [-0.05, 0) is 33.2 Å². The van der Waals surface area contributed by atoms with Crippen LogP contribution in [0.2, 0.25) is 0 Å². The molecule has 1 saturated carbocycles. The molecule has 0 aromatic heterocycles. The molecule has 1 aliphatic carbocycles. The Balaban J connectivity index is 0.00000361. The van der Waals surface area contributed by atoms with E-state index in [4.69, 9.17) is 0 Å². The van der Waals surface area contributed by atoms with E-state index in [1.807, 2.05) is 0 Å². The highest BCUT2D eigenvalue weighted by Crippen LogP contribution is 2.21. The van der Waals surface area contributed by atoms with Gasteiger partial charge in [0.05, 0.1) is 0 Å². The van der Waals surface area contributed by atoms with Crippen molar-refractivity contribution in [3.05, 3.63) is 0 Å². The second-order valence-corrected chi connectivity index (χ2v) is 5.46. The first-order valence-electron chi connectivity index (χ1n) is 8.00. The van der Waals surface area contributed by atoms with Crippen LogP contribution < -0.4 is 10.6 Å². The lowest BCUT2D eigenvalue weighted by molar-refractivity contribution is 0.194. The first-order valence-corrected chi connectivity index (χ1v) is 8.00. The lowest BCUT2D eigenvalue weighted by Gasteiger charge is -2.31. The Hall–Kier alpha value is -0.0400. The van der Waals surface area contributed by atoms with Gasteiger partial charge < -0.3 is 15.5 Å². The van der Waals surface area contributed by atoms with E-state index in [1.54, 1.807) is 0 Å². The predicted octanol–water partition coefficient (Wildman–Crippen LogP) is 2.83. The summed E-state index contributed by atoms with van der Waals surface area (Å²) in [6.07, 6.45) is 8.09. The third-order valence-electron chi connectivity index (χ3n) is 3.79. The van der Waals surface area contributed by atoms with E-state index < -0.39 is 0 Å². The molecule has 0 unspecified atom stereocenters. The SMILES string of the molecule is CCCN=C(NCC)NCCN(C)C1CCCCC1.I. The van der Waals surface area contributed by atoms with Crippen molar-refractivity contribution in [2.75, 3.05) is 33.2 Å². The maximum Gasteiger partial charge on any atom is 0.191 e. The first kappa shape index (κ1) is 20.0. The molecule has 0 aromatic carbocycles. The van der Waals surface area contributed by atoms with Crippen LogP contribution in [0.25, 0.3) is 0 Å². The van der Waals surface area contributed by atoms with Crippen molar-refractivity contribution in [3.63, 3.8) is 0 Å². The number of hydrogen-bond donors (Lipinski definition) is 2. The van der Waals surface area contributed by atoms with Crippen LogP contribution >= 0.6 is 24.0 Å². The van der Waals surface area contributed by atoms with Crippen molar-refractivity contribution in [1.29, 1.82) is 0 Å². The molecule has 0 aliphatic heterocycles. The molecule has 20 heavy (non-hydrogen) atoms. The number of aliphatic imine (C=N–C) groups is 1. The van der Waals surface area contributed by atoms with Gasteiger partial charge in [-0.3, -0.25) is 4.99 Å². The lowest BCUT2D eigenvalue weighted by atomic mass is 9.94. The van der Waals surface area contributed by atoms with E-state index in [0.29, 0.717) is 0 Å². The fraction of sp³-hybridized carbons (Fsp3) is 0.933. The number of rotatable bonds is 7. The van der Waals surface area contributed by atoms with Crippen LogP contribution in [-0.2, 0) is 0 Å². The number of likely N-dealkylation sites (N-methyl/N-ethyl adjacent to an activating group) is 1. The maximum atomic E-state index is 4.52. The number of nitrogens with one attached hydrogen (secondary N) is 2. The summed E-state index contributed by atoms with van der Waals surface area (Å²) in [5, 5.41) is 6.71. The average Bonchev–Trinajstić information content (AvgIpc) is 2.45. The molecule has 2 N–H and O–H groups in total. The molecule has 120 valence electrons. The fourth-order valence-electron chi connectivity index (χ4n) is 2.62. The van der Waals surface area contributed by atoms with E-state index in [0.717, 1.165) is 44.6 Å². The number of hydrogen-bond acceptors (Lipinski definition) is 2. The van der Waals surface area contributed by atoms with Crippen molar-refractivity contribution in [2.45, 2.75) is 58.4 Å². The highest BCUT2D eigenvalue weighted by molar-refractivity contribution is 14.0. The zero-order valence-corrected chi connectivity index (χ0v) is 15.8. The molecule has 5 heteroatoms. The van der Waals surface area contributed by atoms with E-state index >= 15 is 0 Å². The Morgan fingerprint density at radius 1 is 1.15 bits per heavy atom. The third kappa shape index (κ3) is 8.29. The standard InChI is InChI=1S/C15H32N4.HI/c1-4-11-17-15(16-5-2)18-12-13-19(3)14-9-7-6-8-10-14;/h14H,4-13H2,1-3H3,(H2,16,17,18);1H. The van der Waals surface area contributed by atoms with Gasteiger partial charge in [0.15, 0.2) is 5.96 Å². The Labute approximate surface area is 142 Å². The quantitative estimate of drug-likeness (QED) is 0.395. The summed E-state index contributed by atoms with van der Waals surface area (Å²) in [5.41, 5.74) is 0. The summed E-state index contributed by atoms with van der Waals surface area (Å²) in [6.45, 7) is 8.16. The molecule has 1 fully saturated rings. The van der Waals surface area contributed by atoms with Crippen LogP contribution in [0.4, 0.5) is 0 Å². The molecule has 1 rings (SSSR count). The summed E-state index contributed by atoms with van der Waals surface area (Å²) in [4.78, 5) is 7.03. The number of guanidine groups is 1. The van der Waals surface area contributed by atoms with E-state index in [1.165, 1.54) is 32.1 Å². The van der Waals surface area contributed by atoms with Crippen LogP contribution in [0.1, 0.15) is 52.4 Å². The summed E-state index contributed by atoms with van der Waals surface area (Å²) in [5.74, 6) is 0.960. The summed E-state index contributed by atoms with van der Waals surface area (Å²) < 4.78 is 0. The Bertz CT molecular complexity index is 252. The number of halogens is 1. The maximum absolute atomic E-state index is 4.52. The molecule has 0 amide bonds.